The summed E-state index contributed by atoms with van der Waals surface area (Å²) in [6.45, 7) is 1.94. The predicted octanol–water partition coefficient (Wildman–Crippen LogP) is 2.36. The fraction of sp³-hybridized carbons (Fsp3) is 0.300. The van der Waals surface area contributed by atoms with Crippen LogP contribution in [0.2, 0.25) is 0 Å². The summed E-state index contributed by atoms with van der Waals surface area (Å²) in [4.78, 5) is 4.47. The summed E-state index contributed by atoms with van der Waals surface area (Å²) in [6, 6.07) is 5.99. The zero-order valence-electron chi connectivity index (χ0n) is 8.16. The van der Waals surface area contributed by atoms with Gasteiger partial charge in [0.1, 0.15) is 5.82 Å². The molecule has 0 spiro atoms. The first-order valence-electron chi connectivity index (χ1n) is 4.47. The van der Waals surface area contributed by atoms with E-state index in [0.717, 1.165) is 21.3 Å². The molecule has 0 saturated carbocycles. The third kappa shape index (κ3) is 1.44. The zero-order valence-corrected chi connectivity index (χ0v) is 9.75. The van der Waals surface area contributed by atoms with E-state index in [2.05, 4.69) is 20.9 Å². The van der Waals surface area contributed by atoms with Crippen molar-refractivity contribution in [3.63, 3.8) is 0 Å². The van der Waals surface area contributed by atoms with Gasteiger partial charge in [0.05, 0.1) is 17.1 Å². The lowest BCUT2D eigenvalue weighted by Gasteiger charge is -2.04. The van der Waals surface area contributed by atoms with Crippen molar-refractivity contribution in [1.29, 1.82) is 0 Å². The summed E-state index contributed by atoms with van der Waals surface area (Å²) in [6.07, 6.45) is 0. The van der Waals surface area contributed by atoms with E-state index in [-0.39, 0.29) is 6.04 Å². The minimum Gasteiger partial charge on any atom is -0.330 e. The van der Waals surface area contributed by atoms with Gasteiger partial charge >= 0.3 is 0 Å². The van der Waals surface area contributed by atoms with Crippen molar-refractivity contribution in [1.82, 2.24) is 9.55 Å². The SMILES string of the molecule is CC(N)c1nc2ccc(Br)cc2n1C. The topological polar surface area (TPSA) is 43.8 Å². The van der Waals surface area contributed by atoms with Gasteiger partial charge in [-0.25, -0.2) is 4.98 Å². The summed E-state index contributed by atoms with van der Waals surface area (Å²) < 4.78 is 3.09. The van der Waals surface area contributed by atoms with Crippen LogP contribution in [0.4, 0.5) is 0 Å². The number of benzene rings is 1. The summed E-state index contributed by atoms with van der Waals surface area (Å²) >= 11 is 3.44. The number of hydrogen-bond acceptors (Lipinski definition) is 2. The quantitative estimate of drug-likeness (QED) is 0.848. The molecular formula is C10H12BrN3. The number of fused-ring (bicyclic) bond motifs is 1. The monoisotopic (exact) mass is 253 g/mol. The maximum absolute atomic E-state index is 5.82. The highest BCUT2D eigenvalue weighted by Gasteiger charge is 2.10. The average Bonchev–Trinajstić information content (AvgIpc) is 2.44. The van der Waals surface area contributed by atoms with Crippen LogP contribution in [0.15, 0.2) is 22.7 Å². The number of halogens is 1. The number of rotatable bonds is 1. The molecule has 1 atom stereocenters. The molecule has 0 radical (unpaired) electrons. The summed E-state index contributed by atoms with van der Waals surface area (Å²) in [5, 5.41) is 0. The normalized spacial score (nSPS) is 13.4. The Morgan fingerprint density at radius 2 is 2.21 bits per heavy atom. The molecule has 0 fully saturated rings. The molecule has 0 aliphatic carbocycles. The number of aromatic nitrogens is 2. The van der Waals surface area contributed by atoms with Gasteiger partial charge in [-0.1, -0.05) is 15.9 Å². The van der Waals surface area contributed by atoms with Crippen LogP contribution in [0.1, 0.15) is 18.8 Å². The maximum Gasteiger partial charge on any atom is 0.126 e. The number of imidazole rings is 1. The minimum absolute atomic E-state index is 0.0359. The number of nitrogens with two attached hydrogens (primary N) is 1. The van der Waals surface area contributed by atoms with Crippen molar-refractivity contribution >= 4 is 27.0 Å². The van der Waals surface area contributed by atoms with Crippen LogP contribution in [0.3, 0.4) is 0 Å². The number of nitrogens with zero attached hydrogens (tertiary/aromatic N) is 2. The lowest BCUT2D eigenvalue weighted by Crippen LogP contribution is -2.11. The van der Waals surface area contributed by atoms with Gasteiger partial charge in [0.25, 0.3) is 0 Å². The molecule has 0 aliphatic heterocycles. The molecule has 0 amide bonds. The fourth-order valence-electron chi connectivity index (χ4n) is 1.59. The molecule has 74 valence electrons. The fourth-order valence-corrected chi connectivity index (χ4v) is 1.94. The Balaban J connectivity index is 2.74. The van der Waals surface area contributed by atoms with Gasteiger partial charge in [0.2, 0.25) is 0 Å². The molecule has 2 rings (SSSR count). The molecule has 14 heavy (non-hydrogen) atoms. The molecule has 2 N–H and O–H groups in total. The van der Waals surface area contributed by atoms with Gasteiger partial charge in [0, 0.05) is 11.5 Å². The Labute approximate surface area is 91.1 Å². The Hall–Kier alpha value is -0.870. The Morgan fingerprint density at radius 1 is 1.50 bits per heavy atom. The number of hydrogen-bond donors (Lipinski definition) is 1. The molecule has 1 heterocycles. The second-order valence-corrected chi connectivity index (χ2v) is 4.37. The summed E-state index contributed by atoms with van der Waals surface area (Å²) in [5.41, 5.74) is 7.91. The Bertz CT molecular complexity index is 473. The van der Waals surface area contributed by atoms with Crippen LogP contribution < -0.4 is 5.73 Å². The van der Waals surface area contributed by atoms with E-state index in [1.807, 2.05) is 36.7 Å². The van der Waals surface area contributed by atoms with Crippen molar-refractivity contribution < 1.29 is 0 Å². The van der Waals surface area contributed by atoms with Gasteiger partial charge in [-0.05, 0) is 25.1 Å². The van der Waals surface area contributed by atoms with Gasteiger partial charge in [0.15, 0.2) is 0 Å². The highest BCUT2D eigenvalue weighted by molar-refractivity contribution is 9.10. The van der Waals surface area contributed by atoms with Crippen molar-refractivity contribution in [3.05, 3.63) is 28.5 Å². The van der Waals surface area contributed by atoms with Gasteiger partial charge in [-0.15, -0.1) is 0 Å². The van der Waals surface area contributed by atoms with Crippen molar-refractivity contribution in [2.75, 3.05) is 0 Å². The first-order chi connectivity index (χ1) is 6.59. The van der Waals surface area contributed by atoms with Gasteiger partial charge in [-0.3, -0.25) is 0 Å². The summed E-state index contributed by atoms with van der Waals surface area (Å²) in [7, 11) is 1.99. The van der Waals surface area contributed by atoms with Gasteiger partial charge < -0.3 is 10.3 Å². The molecule has 0 aliphatic rings. The molecule has 2 aromatic rings. The third-order valence-electron chi connectivity index (χ3n) is 2.28. The highest BCUT2D eigenvalue weighted by atomic mass is 79.9. The van der Waals surface area contributed by atoms with Crippen LogP contribution in [-0.4, -0.2) is 9.55 Å². The van der Waals surface area contributed by atoms with Crippen LogP contribution in [-0.2, 0) is 7.05 Å². The van der Waals surface area contributed by atoms with E-state index in [1.165, 1.54) is 0 Å². The molecule has 1 aromatic heterocycles. The van der Waals surface area contributed by atoms with Crippen molar-refractivity contribution in [2.24, 2.45) is 12.8 Å². The van der Waals surface area contributed by atoms with Crippen LogP contribution in [0.5, 0.6) is 0 Å². The van der Waals surface area contributed by atoms with Crippen LogP contribution >= 0.6 is 15.9 Å². The van der Waals surface area contributed by atoms with Crippen LogP contribution in [0.25, 0.3) is 11.0 Å². The maximum atomic E-state index is 5.82. The smallest absolute Gasteiger partial charge is 0.126 e. The largest absolute Gasteiger partial charge is 0.330 e. The molecular weight excluding hydrogens is 242 g/mol. The molecule has 1 unspecified atom stereocenters. The summed E-state index contributed by atoms with van der Waals surface area (Å²) in [5.74, 6) is 0.915. The third-order valence-corrected chi connectivity index (χ3v) is 2.78. The molecule has 0 bridgehead atoms. The Kier molecular flexibility index (Phi) is 2.33. The second-order valence-electron chi connectivity index (χ2n) is 3.45. The lowest BCUT2D eigenvalue weighted by molar-refractivity contribution is 0.696. The zero-order chi connectivity index (χ0) is 10.3. The van der Waals surface area contributed by atoms with Crippen molar-refractivity contribution in [2.45, 2.75) is 13.0 Å². The van der Waals surface area contributed by atoms with E-state index in [9.17, 15) is 0 Å². The first-order valence-corrected chi connectivity index (χ1v) is 5.26. The standard InChI is InChI=1S/C10H12BrN3/c1-6(12)10-13-8-4-3-7(11)5-9(8)14(10)2/h3-6H,12H2,1-2H3. The van der Waals surface area contributed by atoms with Crippen molar-refractivity contribution in [3.8, 4) is 0 Å². The van der Waals surface area contributed by atoms with E-state index in [4.69, 9.17) is 5.73 Å². The minimum atomic E-state index is -0.0359. The van der Waals surface area contributed by atoms with Gasteiger partial charge in [-0.2, -0.15) is 0 Å². The van der Waals surface area contributed by atoms with Crippen LogP contribution in [0, 0.1) is 0 Å². The molecule has 3 nitrogen and oxygen atoms in total. The molecule has 0 saturated heterocycles. The first kappa shape index (κ1) is 9.68. The Morgan fingerprint density at radius 3 is 2.86 bits per heavy atom. The number of aryl methyl sites for hydroxylation is 1. The van der Waals surface area contributed by atoms with E-state index >= 15 is 0 Å². The average molecular weight is 254 g/mol. The van der Waals surface area contributed by atoms with E-state index in [0.29, 0.717) is 0 Å². The molecule has 4 heteroatoms. The second kappa shape index (κ2) is 3.37. The lowest BCUT2D eigenvalue weighted by atomic mass is 10.3. The molecule has 1 aromatic carbocycles. The highest BCUT2D eigenvalue weighted by Crippen LogP contribution is 2.21. The predicted molar refractivity (Wildman–Crippen MR) is 61.0 cm³/mol. The van der Waals surface area contributed by atoms with E-state index in [1.54, 1.807) is 0 Å². The van der Waals surface area contributed by atoms with E-state index < -0.39 is 0 Å².